The molecule has 0 radical (unpaired) electrons. The lowest BCUT2D eigenvalue weighted by atomic mass is 10.0. The molecule has 0 amide bonds. The Balaban J connectivity index is 0.000000853. The van der Waals surface area contributed by atoms with E-state index in [2.05, 4.69) is 0 Å². The number of carbonyl (C=O) groups excluding carboxylic acids is 1. The van der Waals surface area contributed by atoms with Crippen molar-refractivity contribution < 1.29 is 9.53 Å². The minimum atomic E-state index is -0.203. The molecule has 3 rings (SSSR count). The first kappa shape index (κ1) is 9.99. The van der Waals surface area contributed by atoms with E-state index in [1.807, 2.05) is 36.4 Å². The summed E-state index contributed by atoms with van der Waals surface area (Å²) in [5.74, 6) is -0.203. The number of cyclic esters (lactones) is 1. The van der Waals surface area contributed by atoms with Crippen molar-refractivity contribution in [3.8, 4) is 0 Å². The Kier molecular flexibility index (Phi) is 2.37. The van der Waals surface area contributed by atoms with Crippen LogP contribution < -0.4 is 0 Å². The Labute approximate surface area is 93.3 Å². The van der Waals surface area contributed by atoms with E-state index >= 15 is 0 Å². The lowest BCUT2D eigenvalue weighted by molar-refractivity contribution is 0.0535. The molecule has 0 N–H and O–H groups in total. The molecule has 0 spiro atoms. The van der Waals surface area contributed by atoms with Gasteiger partial charge in [-0.1, -0.05) is 24.3 Å². The SMILES string of the molecule is Cl.O=C1OCc2cc3ccccc3cc21. The third-order valence-electron chi connectivity index (χ3n) is 2.55. The molecule has 0 saturated carbocycles. The zero-order chi connectivity index (χ0) is 9.54. The Hall–Kier alpha value is -1.54. The molecule has 3 heteroatoms. The van der Waals surface area contributed by atoms with Crippen molar-refractivity contribution in [1.82, 2.24) is 0 Å². The number of esters is 1. The fourth-order valence-corrected chi connectivity index (χ4v) is 1.82. The average molecular weight is 221 g/mol. The van der Waals surface area contributed by atoms with Crippen LogP contribution >= 0.6 is 12.4 Å². The minimum absolute atomic E-state index is 0. The molecule has 2 aromatic carbocycles. The molecule has 1 heterocycles. The van der Waals surface area contributed by atoms with Gasteiger partial charge >= 0.3 is 5.97 Å². The lowest BCUT2D eigenvalue weighted by Crippen LogP contribution is -1.92. The van der Waals surface area contributed by atoms with Gasteiger partial charge in [-0.05, 0) is 22.9 Å². The van der Waals surface area contributed by atoms with Gasteiger partial charge in [0.05, 0.1) is 5.56 Å². The van der Waals surface area contributed by atoms with Gasteiger partial charge in [-0.15, -0.1) is 12.4 Å². The topological polar surface area (TPSA) is 26.3 Å². The highest BCUT2D eigenvalue weighted by Crippen LogP contribution is 2.25. The molecule has 76 valence electrons. The second-order valence-corrected chi connectivity index (χ2v) is 3.43. The monoisotopic (exact) mass is 220 g/mol. The Bertz CT molecular complexity index is 534. The van der Waals surface area contributed by atoms with Gasteiger partial charge in [-0.25, -0.2) is 4.79 Å². The number of halogens is 1. The highest BCUT2D eigenvalue weighted by molar-refractivity contribution is 5.98. The number of rotatable bonds is 0. The Morgan fingerprint density at radius 2 is 1.73 bits per heavy atom. The maximum absolute atomic E-state index is 11.3. The first-order chi connectivity index (χ1) is 6.84. The van der Waals surface area contributed by atoms with Crippen molar-refractivity contribution in [2.75, 3.05) is 0 Å². The van der Waals surface area contributed by atoms with Crippen molar-refractivity contribution in [1.29, 1.82) is 0 Å². The van der Waals surface area contributed by atoms with Crippen molar-refractivity contribution in [2.45, 2.75) is 6.61 Å². The van der Waals surface area contributed by atoms with Crippen LogP contribution in [0.15, 0.2) is 36.4 Å². The van der Waals surface area contributed by atoms with E-state index in [4.69, 9.17) is 4.74 Å². The van der Waals surface area contributed by atoms with Crippen molar-refractivity contribution in [3.05, 3.63) is 47.5 Å². The Morgan fingerprint density at radius 3 is 2.47 bits per heavy atom. The molecule has 0 atom stereocenters. The zero-order valence-corrected chi connectivity index (χ0v) is 8.71. The quantitative estimate of drug-likeness (QED) is 0.638. The summed E-state index contributed by atoms with van der Waals surface area (Å²) in [6.45, 7) is 0.416. The molecule has 1 aliphatic heterocycles. The molecular formula is C12H9ClO2. The van der Waals surface area contributed by atoms with E-state index in [-0.39, 0.29) is 18.4 Å². The van der Waals surface area contributed by atoms with Crippen molar-refractivity contribution >= 4 is 29.1 Å². The standard InChI is InChI=1S/C12H8O2.ClH/c13-12-11-6-9-4-2-1-3-8(9)5-10(11)7-14-12;/h1-6H,7H2;1H. The highest BCUT2D eigenvalue weighted by Gasteiger charge is 2.20. The van der Waals surface area contributed by atoms with Crippen LogP contribution in [0.5, 0.6) is 0 Å². The lowest BCUT2D eigenvalue weighted by Gasteiger charge is -1.99. The second kappa shape index (κ2) is 3.55. The van der Waals surface area contributed by atoms with Crippen molar-refractivity contribution in [2.24, 2.45) is 0 Å². The number of hydrogen-bond donors (Lipinski definition) is 0. The largest absolute Gasteiger partial charge is 0.457 e. The predicted molar refractivity (Wildman–Crippen MR) is 60.3 cm³/mol. The summed E-state index contributed by atoms with van der Waals surface area (Å²) >= 11 is 0. The van der Waals surface area contributed by atoms with Crippen LogP contribution in [0.3, 0.4) is 0 Å². The van der Waals surface area contributed by atoms with Gasteiger partial charge in [0.15, 0.2) is 0 Å². The van der Waals surface area contributed by atoms with Gasteiger partial charge in [0, 0.05) is 5.56 Å². The number of benzene rings is 2. The predicted octanol–water partition coefficient (Wildman–Crippen LogP) is 2.93. The van der Waals surface area contributed by atoms with Crippen LogP contribution in [0.4, 0.5) is 0 Å². The number of fused-ring (bicyclic) bond motifs is 2. The summed E-state index contributed by atoms with van der Waals surface area (Å²) in [6.07, 6.45) is 0. The van der Waals surface area contributed by atoms with Gasteiger partial charge in [0.1, 0.15) is 6.61 Å². The third-order valence-corrected chi connectivity index (χ3v) is 2.55. The number of carbonyl (C=O) groups is 1. The highest BCUT2D eigenvalue weighted by atomic mass is 35.5. The zero-order valence-electron chi connectivity index (χ0n) is 7.90. The maximum atomic E-state index is 11.3. The van der Waals surface area contributed by atoms with Gasteiger partial charge in [0.2, 0.25) is 0 Å². The summed E-state index contributed by atoms with van der Waals surface area (Å²) in [5, 5.41) is 2.25. The molecule has 15 heavy (non-hydrogen) atoms. The van der Waals surface area contributed by atoms with Gasteiger partial charge in [0.25, 0.3) is 0 Å². The van der Waals surface area contributed by atoms with Crippen molar-refractivity contribution in [3.63, 3.8) is 0 Å². The molecule has 1 aliphatic rings. The molecule has 0 aromatic heterocycles. The summed E-state index contributed by atoms with van der Waals surface area (Å²) in [6, 6.07) is 11.9. The first-order valence-electron chi connectivity index (χ1n) is 4.53. The van der Waals surface area contributed by atoms with E-state index in [0.717, 1.165) is 16.3 Å². The van der Waals surface area contributed by atoms with E-state index < -0.39 is 0 Å². The molecule has 0 saturated heterocycles. The summed E-state index contributed by atoms with van der Waals surface area (Å²) in [5.41, 5.74) is 1.71. The fourth-order valence-electron chi connectivity index (χ4n) is 1.82. The molecule has 2 nitrogen and oxygen atoms in total. The minimum Gasteiger partial charge on any atom is -0.457 e. The van der Waals surface area contributed by atoms with Crippen LogP contribution in [0.25, 0.3) is 10.8 Å². The third kappa shape index (κ3) is 1.47. The molecule has 0 fully saturated rings. The molecule has 0 unspecified atom stereocenters. The molecule has 0 bridgehead atoms. The van der Waals surface area contributed by atoms with Crippen LogP contribution in [0.2, 0.25) is 0 Å². The second-order valence-electron chi connectivity index (χ2n) is 3.43. The molecule has 0 aliphatic carbocycles. The van der Waals surface area contributed by atoms with E-state index in [1.165, 1.54) is 0 Å². The smallest absolute Gasteiger partial charge is 0.338 e. The van der Waals surface area contributed by atoms with E-state index in [9.17, 15) is 4.79 Å². The van der Waals surface area contributed by atoms with Crippen LogP contribution in [-0.2, 0) is 11.3 Å². The average Bonchev–Trinajstić information content (AvgIpc) is 2.57. The summed E-state index contributed by atoms with van der Waals surface area (Å²) < 4.78 is 4.96. The van der Waals surface area contributed by atoms with Gasteiger partial charge < -0.3 is 4.74 Å². The maximum Gasteiger partial charge on any atom is 0.338 e. The normalized spacial score (nSPS) is 13.2. The summed E-state index contributed by atoms with van der Waals surface area (Å²) in [4.78, 5) is 11.3. The Morgan fingerprint density at radius 1 is 1.07 bits per heavy atom. The molecular weight excluding hydrogens is 212 g/mol. The number of hydrogen-bond acceptors (Lipinski definition) is 2. The fraction of sp³-hybridized carbons (Fsp3) is 0.0833. The molecule has 2 aromatic rings. The van der Waals surface area contributed by atoms with Crippen LogP contribution in [-0.4, -0.2) is 5.97 Å². The number of ether oxygens (including phenoxy) is 1. The first-order valence-corrected chi connectivity index (χ1v) is 4.53. The summed E-state index contributed by atoms with van der Waals surface area (Å²) in [7, 11) is 0. The van der Waals surface area contributed by atoms with E-state index in [0.29, 0.717) is 12.2 Å². The van der Waals surface area contributed by atoms with Gasteiger partial charge in [-0.3, -0.25) is 0 Å². The van der Waals surface area contributed by atoms with Crippen LogP contribution in [0, 0.1) is 0 Å². The van der Waals surface area contributed by atoms with E-state index in [1.54, 1.807) is 0 Å². The van der Waals surface area contributed by atoms with Crippen LogP contribution in [0.1, 0.15) is 15.9 Å². The van der Waals surface area contributed by atoms with Gasteiger partial charge in [-0.2, -0.15) is 0 Å².